The molecule has 1 N–H and O–H groups in total. The summed E-state index contributed by atoms with van der Waals surface area (Å²) < 4.78 is 12.3. The molecule has 1 aromatic carbocycles. The van der Waals surface area contributed by atoms with Gasteiger partial charge in [0.2, 0.25) is 0 Å². The van der Waals surface area contributed by atoms with Gasteiger partial charge in [-0.2, -0.15) is 0 Å². The summed E-state index contributed by atoms with van der Waals surface area (Å²) in [6.45, 7) is 17.3. The van der Waals surface area contributed by atoms with Crippen LogP contribution in [-0.4, -0.2) is 29.4 Å². The summed E-state index contributed by atoms with van der Waals surface area (Å²) in [6.07, 6.45) is 11.3. The monoisotopic (exact) mass is 560 g/mol. The molecule has 4 saturated carbocycles. The standard InChI is InChI=1S/C37H52O4/c1-32(2)26-15-16-36(6)27(37(26,7)30-28(41-30)29(32)38)14-13-24-25-21-34(4,18-17-33(25,3)19-20-35(24,36)5)31(39)40-22-23-11-9-8-10-12-23/h8-13,25-30,38H,14-22H2,1-7H3/t25?,26?,27?,28-,29+,30-,33+,34-,35+,36+,37-/m0/s1. The summed E-state index contributed by atoms with van der Waals surface area (Å²) in [5.74, 6) is 1.40. The molecule has 7 rings (SSSR count). The minimum absolute atomic E-state index is 0.00220. The van der Waals surface area contributed by atoms with E-state index in [1.54, 1.807) is 5.57 Å². The van der Waals surface area contributed by atoms with Gasteiger partial charge < -0.3 is 14.6 Å². The maximum Gasteiger partial charge on any atom is 0.312 e. The van der Waals surface area contributed by atoms with E-state index in [2.05, 4.69) is 54.5 Å². The van der Waals surface area contributed by atoms with E-state index in [-0.39, 0.29) is 51.4 Å². The summed E-state index contributed by atoms with van der Waals surface area (Å²) in [4.78, 5) is 13.7. The van der Waals surface area contributed by atoms with Gasteiger partial charge in [-0.25, -0.2) is 0 Å². The van der Waals surface area contributed by atoms with Gasteiger partial charge in [-0.1, -0.05) is 83.5 Å². The maximum absolute atomic E-state index is 13.7. The minimum Gasteiger partial charge on any atom is -0.460 e. The Kier molecular flexibility index (Phi) is 5.98. The van der Waals surface area contributed by atoms with Crippen molar-refractivity contribution in [3.05, 3.63) is 47.5 Å². The lowest BCUT2D eigenvalue weighted by Gasteiger charge is -2.70. The molecule has 4 nitrogen and oxygen atoms in total. The van der Waals surface area contributed by atoms with Crippen LogP contribution in [0.1, 0.15) is 105 Å². The van der Waals surface area contributed by atoms with Gasteiger partial charge in [0.25, 0.3) is 0 Å². The van der Waals surface area contributed by atoms with E-state index in [0.717, 1.165) is 37.7 Å². The van der Waals surface area contributed by atoms with Gasteiger partial charge in [0.05, 0.1) is 17.6 Å². The molecule has 41 heavy (non-hydrogen) atoms. The van der Waals surface area contributed by atoms with Crippen LogP contribution in [0.25, 0.3) is 0 Å². The van der Waals surface area contributed by atoms with Crippen LogP contribution in [0, 0.1) is 50.2 Å². The second-order valence-corrected chi connectivity index (χ2v) is 17.0. The molecule has 6 aliphatic rings. The van der Waals surface area contributed by atoms with Crippen LogP contribution in [0.4, 0.5) is 0 Å². The smallest absolute Gasteiger partial charge is 0.312 e. The lowest BCUT2D eigenvalue weighted by molar-refractivity contribution is -0.194. The van der Waals surface area contributed by atoms with E-state index in [0.29, 0.717) is 24.4 Å². The minimum atomic E-state index is -0.446. The number of benzene rings is 1. The summed E-state index contributed by atoms with van der Waals surface area (Å²) in [7, 11) is 0. The molecule has 0 amide bonds. The first-order valence-electron chi connectivity index (χ1n) is 16.5. The maximum atomic E-state index is 13.7. The zero-order valence-corrected chi connectivity index (χ0v) is 26.5. The molecule has 0 aromatic heterocycles. The van der Waals surface area contributed by atoms with Crippen LogP contribution < -0.4 is 0 Å². The number of fused-ring (bicyclic) bond motifs is 9. The quantitative estimate of drug-likeness (QED) is 0.232. The Balaban J connectivity index is 1.20. The molecular formula is C37H52O4. The number of esters is 1. The Morgan fingerprint density at radius 3 is 2.39 bits per heavy atom. The molecule has 1 heterocycles. The zero-order valence-electron chi connectivity index (χ0n) is 26.5. The van der Waals surface area contributed by atoms with Gasteiger partial charge in [0.15, 0.2) is 0 Å². The Labute approximate surface area is 247 Å². The number of aliphatic hydroxyl groups is 1. The Morgan fingerprint density at radius 2 is 1.66 bits per heavy atom. The predicted octanol–water partition coefficient (Wildman–Crippen LogP) is 7.88. The average Bonchev–Trinajstić information content (AvgIpc) is 3.75. The fraction of sp³-hybridized carbons (Fsp3) is 0.757. The van der Waals surface area contributed by atoms with Crippen molar-refractivity contribution in [2.75, 3.05) is 0 Å². The Hall–Kier alpha value is -1.65. The summed E-state index contributed by atoms with van der Waals surface area (Å²) in [6, 6.07) is 10.1. The normalized spacial score (nSPS) is 51.1. The number of carbonyl (C=O) groups excluding carboxylic acids is 1. The highest BCUT2D eigenvalue weighted by atomic mass is 16.6. The highest BCUT2D eigenvalue weighted by Crippen LogP contribution is 2.77. The highest BCUT2D eigenvalue weighted by Gasteiger charge is 2.76. The Bertz CT molecular complexity index is 1270. The van der Waals surface area contributed by atoms with Gasteiger partial charge in [0, 0.05) is 5.41 Å². The molecule has 11 atom stereocenters. The lowest BCUT2D eigenvalue weighted by Crippen LogP contribution is -2.66. The third-order valence-electron chi connectivity index (χ3n) is 14.8. The fourth-order valence-corrected chi connectivity index (χ4v) is 11.8. The first kappa shape index (κ1) is 28.1. The lowest BCUT2D eigenvalue weighted by atomic mass is 9.33. The van der Waals surface area contributed by atoms with Crippen molar-refractivity contribution >= 4 is 5.97 Å². The van der Waals surface area contributed by atoms with E-state index >= 15 is 0 Å². The molecule has 4 heteroatoms. The number of epoxide rings is 1. The average molecular weight is 561 g/mol. The molecule has 5 fully saturated rings. The van der Waals surface area contributed by atoms with Crippen LogP contribution in [-0.2, 0) is 20.9 Å². The summed E-state index contributed by atoms with van der Waals surface area (Å²) in [5.41, 5.74) is 2.74. The molecule has 0 radical (unpaired) electrons. The molecule has 0 bridgehead atoms. The second-order valence-electron chi connectivity index (χ2n) is 17.0. The number of ether oxygens (including phenoxy) is 2. The van der Waals surface area contributed by atoms with E-state index in [1.165, 1.54) is 19.3 Å². The molecular weight excluding hydrogens is 508 g/mol. The molecule has 1 aromatic rings. The van der Waals surface area contributed by atoms with Crippen LogP contribution in [0.2, 0.25) is 0 Å². The molecule has 3 unspecified atom stereocenters. The van der Waals surface area contributed by atoms with Gasteiger partial charge in [-0.15, -0.1) is 0 Å². The van der Waals surface area contributed by atoms with Crippen molar-refractivity contribution in [1.29, 1.82) is 0 Å². The first-order valence-corrected chi connectivity index (χ1v) is 16.5. The largest absolute Gasteiger partial charge is 0.460 e. The third kappa shape index (κ3) is 3.62. The number of hydrogen-bond donors (Lipinski definition) is 1. The predicted molar refractivity (Wildman–Crippen MR) is 161 cm³/mol. The van der Waals surface area contributed by atoms with Gasteiger partial charge in [-0.05, 0) is 103 Å². The van der Waals surface area contributed by atoms with E-state index in [4.69, 9.17) is 9.47 Å². The second kappa shape index (κ2) is 8.72. The van der Waals surface area contributed by atoms with Gasteiger partial charge in [-0.3, -0.25) is 4.79 Å². The molecule has 0 spiro atoms. The topological polar surface area (TPSA) is 59.1 Å². The van der Waals surface area contributed by atoms with Crippen molar-refractivity contribution in [2.24, 2.45) is 50.2 Å². The number of rotatable bonds is 3. The van der Waals surface area contributed by atoms with Crippen molar-refractivity contribution in [3.8, 4) is 0 Å². The van der Waals surface area contributed by atoms with E-state index in [9.17, 15) is 9.90 Å². The van der Waals surface area contributed by atoms with Gasteiger partial charge in [0.1, 0.15) is 12.7 Å². The number of aliphatic hydroxyl groups excluding tert-OH is 1. The zero-order chi connectivity index (χ0) is 29.2. The molecule has 1 saturated heterocycles. The van der Waals surface area contributed by atoms with Crippen LogP contribution in [0.15, 0.2) is 42.0 Å². The van der Waals surface area contributed by atoms with Crippen LogP contribution in [0.5, 0.6) is 0 Å². The fourth-order valence-electron chi connectivity index (χ4n) is 11.8. The van der Waals surface area contributed by atoms with Crippen molar-refractivity contribution < 1.29 is 19.4 Å². The van der Waals surface area contributed by atoms with E-state index in [1.807, 2.05) is 30.3 Å². The van der Waals surface area contributed by atoms with Crippen molar-refractivity contribution in [3.63, 3.8) is 0 Å². The highest BCUT2D eigenvalue weighted by molar-refractivity contribution is 5.76. The van der Waals surface area contributed by atoms with Crippen LogP contribution >= 0.6 is 0 Å². The third-order valence-corrected chi connectivity index (χ3v) is 14.8. The van der Waals surface area contributed by atoms with Crippen LogP contribution in [0.3, 0.4) is 0 Å². The molecule has 224 valence electrons. The SMILES string of the molecule is CC1(C)C2CC[C@]3(C)C(CC=C4C5C[C@@](C)(C(=O)OCc6ccccc6)CC[C@]5(C)CC[C@]43C)[C@@]2(C)[C@H]2O[C@H]2[C@H]1O. The summed E-state index contributed by atoms with van der Waals surface area (Å²) in [5, 5.41) is 11.2. The Morgan fingerprint density at radius 1 is 0.951 bits per heavy atom. The van der Waals surface area contributed by atoms with Crippen molar-refractivity contribution in [1.82, 2.24) is 0 Å². The molecule has 1 aliphatic heterocycles. The number of carbonyl (C=O) groups is 1. The van der Waals surface area contributed by atoms with Crippen molar-refractivity contribution in [2.45, 2.75) is 125 Å². The van der Waals surface area contributed by atoms with E-state index < -0.39 is 5.41 Å². The summed E-state index contributed by atoms with van der Waals surface area (Å²) >= 11 is 0. The molecule has 5 aliphatic carbocycles. The number of allylic oxidation sites excluding steroid dienone is 2. The first-order chi connectivity index (χ1) is 19.2. The number of hydrogen-bond acceptors (Lipinski definition) is 4. The van der Waals surface area contributed by atoms with Gasteiger partial charge >= 0.3 is 5.97 Å².